The minimum atomic E-state index is 0.881. The Labute approximate surface area is 95.4 Å². The van der Waals surface area contributed by atoms with E-state index in [9.17, 15) is 0 Å². The van der Waals surface area contributed by atoms with E-state index >= 15 is 0 Å². The zero-order chi connectivity index (χ0) is 11.3. The smallest absolute Gasteiger partial charge is 0.0545 e. The Bertz CT molecular complexity index is 586. The van der Waals surface area contributed by atoms with Gasteiger partial charge in [-0.15, -0.1) is 0 Å². The maximum atomic E-state index is 4.66. The lowest BCUT2D eigenvalue weighted by atomic mass is 10.1. The molecule has 0 spiro atoms. The fraction of sp³-hybridized carbons (Fsp3) is 0.286. The van der Waals surface area contributed by atoms with Crippen LogP contribution in [-0.4, -0.2) is 9.97 Å². The molecule has 1 aliphatic rings. The second-order valence-electron chi connectivity index (χ2n) is 4.57. The second kappa shape index (κ2) is 3.14. The first kappa shape index (κ1) is 9.52. The van der Waals surface area contributed by atoms with Gasteiger partial charge in [-0.1, -0.05) is 0 Å². The molecule has 0 N–H and O–H groups in total. The molecule has 3 rings (SSSR count). The van der Waals surface area contributed by atoms with E-state index in [1.165, 1.54) is 27.9 Å². The molecule has 2 aromatic rings. The Hall–Kier alpha value is -1.70. The highest BCUT2D eigenvalue weighted by Crippen LogP contribution is 2.35. The number of rotatable bonds is 0. The minimum Gasteiger partial charge on any atom is -0.260 e. The molecule has 2 heteroatoms. The number of hydrogen-bond donors (Lipinski definition) is 0. The van der Waals surface area contributed by atoms with Crippen molar-refractivity contribution >= 4 is 0 Å². The maximum Gasteiger partial charge on any atom is 0.0545 e. The van der Waals surface area contributed by atoms with Gasteiger partial charge in [0.05, 0.1) is 11.4 Å². The highest BCUT2D eigenvalue weighted by molar-refractivity contribution is 5.74. The second-order valence-corrected chi connectivity index (χ2v) is 4.57. The van der Waals surface area contributed by atoms with Crippen LogP contribution < -0.4 is 0 Å². The summed E-state index contributed by atoms with van der Waals surface area (Å²) in [4.78, 5) is 9.15. The molecule has 0 unspecified atom stereocenters. The summed E-state index contributed by atoms with van der Waals surface area (Å²) in [5.74, 6) is 0. The first-order chi connectivity index (χ1) is 7.65. The lowest BCUT2D eigenvalue weighted by Gasteiger charge is -2.04. The van der Waals surface area contributed by atoms with Crippen LogP contribution in [0.2, 0.25) is 0 Å². The van der Waals surface area contributed by atoms with Gasteiger partial charge in [0.25, 0.3) is 0 Å². The van der Waals surface area contributed by atoms with Crippen LogP contribution in [-0.2, 0) is 6.42 Å². The number of aromatic nitrogens is 2. The fourth-order valence-electron chi connectivity index (χ4n) is 2.25. The monoisotopic (exact) mass is 210 g/mol. The Morgan fingerprint density at radius 1 is 1.00 bits per heavy atom. The van der Waals surface area contributed by atoms with E-state index in [0.29, 0.717) is 0 Å². The third kappa shape index (κ3) is 1.26. The minimum absolute atomic E-state index is 0.881. The Morgan fingerprint density at radius 2 is 1.75 bits per heavy atom. The van der Waals surface area contributed by atoms with E-state index in [1.54, 1.807) is 0 Å². The van der Waals surface area contributed by atoms with Gasteiger partial charge in [0.2, 0.25) is 0 Å². The molecule has 0 aromatic carbocycles. The number of hydrogen-bond acceptors (Lipinski definition) is 2. The third-order valence-electron chi connectivity index (χ3n) is 3.28. The van der Waals surface area contributed by atoms with Gasteiger partial charge < -0.3 is 0 Å². The molecule has 2 heterocycles. The molecule has 0 bridgehead atoms. The average molecular weight is 210 g/mol. The van der Waals surface area contributed by atoms with Gasteiger partial charge in [-0.2, -0.15) is 0 Å². The molecule has 0 aliphatic heterocycles. The predicted molar refractivity (Wildman–Crippen MR) is 64.5 cm³/mol. The van der Waals surface area contributed by atoms with Crippen LogP contribution in [0.1, 0.15) is 28.2 Å². The van der Waals surface area contributed by atoms with Crippen LogP contribution in [0.4, 0.5) is 0 Å². The van der Waals surface area contributed by atoms with Gasteiger partial charge in [-0.3, -0.25) is 9.97 Å². The summed E-state index contributed by atoms with van der Waals surface area (Å²) in [5, 5.41) is 0. The highest BCUT2D eigenvalue weighted by Gasteiger charge is 2.21. The third-order valence-corrected chi connectivity index (χ3v) is 3.28. The molecule has 0 atom stereocenters. The summed E-state index contributed by atoms with van der Waals surface area (Å²) in [6.45, 7) is 6.26. The first-order valence-electron chi connectivity index (χ1n) is 5.58. The van der Waals surface area contributed by atoms with Crippen LogP contribution in [0.15, 0.2) is 18.3 Å². The number of fused-ring (bicyclic) bond motifs is 3. The van der Waals surface area contributed by atoms with Crippen molar-refractivity contribution in [2.24, 2.45) is 0 Å². The van der Waals surface area contributed by atoms with Crippen molar-refractivity contribution in [1.29, 1.82) is 0 Å². The Morgan fingerprint density at radius 3 is 2.56 bits per heavy atom. The van der Waals surface area contributed by atoms with Gasteiger partial charge >= 0.3 is 0 Å². The standard InChI is InChI=1S/C14H14N2/c1-8-4-11-12-5-9(2)10(3)16-14(12)6-13(11)15-7-8/h4-5,7H,6H2,1-3H3. The van der Waals surface area contributed by atoms with Crippen molar-refractivity contribution in [2.45, 2.75) is 27.2 Å². The van der Waals surface area contributed by atoms with Gasteiger partial charge in [0, 0.05) is 29.4 Å². The summed E-state index contributed by atoms with van der Waals surface area (Å²) in [5.41, 5.74) is 8.48. The topological polar surface area (TPSA) is 25.8 Å². The molecule has 0 saturated heterocycles. The summed E-state index contributed by atoms with van der Waals surface area (Å²) >= 11 is 0. The summed E-state index contributed by atoms with van der Waals surface area (Å²) in [7, 11) is 0. The summed E-state index contributed by atoms with van der Waals surface area (Å²) in [6.07, 6.45) is 2.82. The zero-order valence-corrected chi connectivity index (χ0v) is 9.83. The van der Waals surface area contributed by atoms with Crippen LogP contribution in [0.25, 0.3) is 11.1 Å². The quantitative estimate of drug-likeness (QED) is 0.570. The maximum absolute atomic E-state index is 4.66. The highest BCUT2D eigenvalue weighted by atomic mass is 14.8. The molecule has 0 fully saturated rings. The lowest BCUT2D eigenvalue weighted by Crippen LogP contribution is -1.93. The van der Waals surface area contributed by atoms with E-state index in [-0.39, 0.29) is 0 Å². The van der Waals surface area contributed by atoms with E-state index < -0.39 is 0 Å². The van der Waals surface area contributed by atoms with E-state index in [4.69, 9.17) is 0 Å². The van der Waals surface area contributed by atoms with Gasteiger partial charge in [-0.25, -0.2) is 0 Å². The molecule has 0 amide bonds. The van der Waals surface area contributed by atoms with Gasteiger partial charge in [0.15, 0.2) is 0 Å². The SMILES string of the molecule is Cc1cnc2c(c1)-c1cc(C)c(C)nc1C2. The molecular formula is C14H14N2. The normalized spacial score (nSPS) is 12.4. The van der Waals surface area contributed by atoms with E-state index in [1.807, 2.05) is 6.20 Å². The van der Waals surface area contributed by atoms with Crippen molar-refractivity contribution in [1.82, 2.24) is 9.97 Å². The molecular weight excluding hydrogens is 196 g/mol. The Kier molecular flexibility index (Phi) is 1.87. The van der Waals surface area contributed by atoms with Crippen molar-refractivity contribution in [3.8, 4) is 11.1 Å². The van der Waals surface area contributed by atoms with Crippen LogP contribution >= 0.6 is 0 Å². The number of nitrogens with zero attached hydrogens (tertiary/aromatic N) is 2. The summed E-state index contributed by atoms with van der Waals surface area (Å²) in [6, 6.07) is 4.45. The average Bonchev–Trinajstić information content (AvgIpc) is 2.57. The largest absolute Gasteiger partial charge is 0.260 e. The van der Waals surface area contributed by atoms with Crippen LogP contribution in [0, 0.1) is 20.8 Å². The molecule has 80 valence electrons. The molecule has 0 saturated carbocycles. The number of aryl methyl sites for hydroxylation is 3. The van der Waals surface area contributed by atoms with Crippen molar-refractivity contribution in [3.05, 3.63) is 46.5 Å². The van der Waals surface area contributed by atoms with Crippen LogP contribution in [0.3, 0.4) is 0 Å². The Balaban J connectivity index is 2.28. The van der Waals surface area contributed by atoms with Crippen LogP contribution in [0.5, 0.6) is 0 Å². The molecule has 2 aromatic heterocycles. The van der Waals surface area contributed by atoms with Crippen molar-refractivity contribution in [3.63, 3.8) is 0 Å². The molecule has 0 radical (unpaired) electrons. The zero-order valence-electron chi connectivity index (χ0n) is 9.83. The van der Waals surface area contributed by atoms with E-state index in [0.717, 1.165) is 17.8 Å². The molecule has 2 nitrogen and oxygen atoms in total. The molecule has 1 aliphatic carbocycles. The van der Waals surface area contributed by atoms with E-state index in [2.05, 4.69) is 42.9 Å². The van der Waals surface area contributed by atoms with Crippen molar-refractivity contribution < 1.29 is 0 Å². The van der Waals surface area contributed by atoms with Gasteiger partial charge in [-0.05, 0) is 44.0 Å². The van der Waals surface area contributed by atoms with Crippen molar-refractivity contribution in [2.75, 3.05) is 0 Å². The van der Waals surface area contributed by atoms with Gasteiger partial charge in [0.1, 0.15) is 0 Å². The first-order valence-corrected chi connectivity index (χ1v) is 5.58. The fourth-order valence-corrected chi connectivity index (χ4v) is 2.25. The molecule has 16 heavy (non-hydrogen) atoms. The number of pyridine rings is 2. The lowest BCUT2D eigenvalue weighted by molar-refractivity contribution is 1.02. The summed E-state index contributed by atoms with van der Waals surface area (Å²) < 4.78 is 0. The predicted octanol–water partition coefficient (Wildman–Crippen LogP) is 2.97.